The van der Waals surface area contributed by atoms with Gasteiger partial charge in [0.1, 0.15) is 0 Å². The van der Waals surface area contributed by atoms with Gasteiger partial charge < -0.3 is 10.4 Å². The number of amides is 1. The molecule has 1 heterocycles. The predicted molar refractivity (Wildman–Crippen MR) is 48.4 cm³/mol. The van der Waals surface area contributed by atoms with E-state index in [9.17, 15) is 4.79 Å². The number of benzene rings is 1. The quantitative estimate of drug-likeness (QED) is 0.703. The highest BCUT2D eigenvalue weighted by atomic mass is 16.3. The van der Waals surface area contributed by atoms with E-state index in [4.69, 9.17) is 5.11 Å². The lowest BCUT2D eigenvalue weighted by molar-refractivity contribution is 0.0952. The molecule has 3 heteroatoms. The molecular formula is C10H11NO2. The standard InChI is InChI=1S/C10H11NO2/c12-6-5-9-7-3-1-2-4-8(7)10(13)11-9/h1-4,9,12H,5-6H2,(H,11,13)/t9-/m1/s1. The minimum atomic E-state index is -0.0333. The molecule has 1 aromatic carbocycles. The lowest BCUT2D eigenvalue weighted by atomic mass is 10.0. The van der Waals surface area contributed by atoms with Crippen molar-refractivity contribution in [2.45, 2.75) is 12.5 Å². The molecule has 0 radical (unpaired) electrons. The summed E-state index contributed by atoms with van der Waals surface area (Å²) in [7, 11) is 0. The van der Waals surface area contributed by atoms with Gasteiger partial charge in [0.25, 0.3) is 5.91 Å². The zero-order valence-corrected chi connectivity index (χ0v) is 7.16. The molecule has 0 aliphatic carbocycles. The summed E-state index contributed by atoms with van der Waals surface area (Å²) in [5, 5.41) is 11.6. The van der Waals surface area contributed by atoms with Crippen molar-refractivity contribution in [2.75, 3.05) is 6.61 Å². The Morgan fingerprint density at radius 3 is 2.92 bits per heavy atom. The highest BCUT2D eigenvalue weighted by Crippen LogP contribution is 2.26. The van der Waals surface area contributed by atoms with Crippen molar-refractivity contribution in [1.29, 1.82) is 0 Å². The molecule has 0 bridgehead atoms. The van der Waals surface area contributed by atoms with Gasteiger partial charge in [-0.3, -0.25) is 4.79 Å². The monoisotopic (exact) mass is 177 g/mol. The molecule has 0 fully saturated rings. The van der Waals surface area contributed by atoms with Crippen molar-refractivity contribution in [1.82, 2.24) is 5.32 Å². The molecule has 0 unspecified atom stereocenters. The Balaban J connectivity index is 2.36. The van der Waals surface area contributed by atoms with Gasteiger partial charge in [-0.25, -0.2) is 0 Å². The van der Waals surface area contributed by atoms with Gasteiger partial charge in [-0.15, -0.1) is 0 Å². The maximum atomic E-state index is 11.4. The van der Waals surface area contributed by atoms with Crippen molar-refractivity contribution in [3.63, 3.8) is 0 Å². The van der Waals surface area contributed by atoms with Crippen LogP contribution in [0.15, 0.2) is 24.3 Å². The Morgan fingerprint density at radius 1 is 1.38 bits per heavy atom. The SMILES string of the molecule is O=C1N[C@H](CCO)c2ccccc21. The molecule has 0 aromatic heterocycles. The van der Waals surface area contributed by atoms with Gasteiger partial charge in [-0.2, -0.15) is 0 Å². The van der Waals surface area contributed by atoms with E-state index >= 15 is 0 Å². The lowest BCUT2D eigenvalue weighted by Gasteiger charge is -2.08. The number of aliphatic hydroxyl groups excluding tert-OH is 1. The molecule has 68 valence electrons. The predicted octanol–water partition coefficient (Wildman–Crippen LogP) is 0.853. The Morgan fingerprint density at radius 2 is 2.15 bits per heavy atom. The molecule has 1 amide bonds. The van der Waals surface area contributed by atoms with Crippen LogP contribution in [0, 0.1) is 0 Å². The summed E-state index contributed by atoms with van der Waals surface area (Å²) in [5.74, 6) is -0.0333. The summed E-state index contributed by atoms with van der Waals surface area (Å²) in [6.07, 6.45) is 0.586. The Kier molecular flexibility index (Phi) is 2.02. The highest BCUT2D eigenvalue weighted by molar-refractivity contribution is 5.99. The second-order valence-electron chi connectivity index (χ2n) is 3.13. The van der Waals surface area contributed by atoms with E-state index in [1.807, 2.05) is 24.3 Å². The van der Waals surface area contributed by atoms with E-state index in [1.165, 1.54) is 0 Å². The van der Waals surface area contributed by atoms with Gasteiger partial charge in [0.15, 0.2) is 0 Å². The van der Waals surface area contributed by atoms with Gasteiger partial charge in [0.2, 0.25) is 0 Å². The van der Waals surface area contributed by atoms with Crippen LogP contribution in [0.1, 0.15) is 28.4 Å². The first-order chi connectivity index (χ1) is 6.33. The van der Waals surface area contributed by atoms with Crippen LogP contribution >= 0.6 is 0 Å². The third kappa shape index (κ3) is 1.31. The Hall–Kier alpha value is -1.35. The molecule has 0 saturated heterocycles. The first-order valence-corrected chi connectivity index (χ1v) is 4.33. The van der Waals surface area contributed by atoms with Gasteiger partial charge in [-0.05, 0) is 18.1 Å². The average Bonchev–Trinajstić information content (AvgIpc) is 2.46. The molecule has 2 N–H and O–H groups in total. The third-order valence-electron chi connectivity index (χ3n) is 2.30. The summed E-state index contributed by atoms with van der Waals surface area (Å²) >= 11 is 0. The molecule has 1 aromatic rings. The van der Waals surface area contributed by atoms with Crippen LogP contribution in [0.5, 0.6) is 0 Å². The largest absolute Gasteiger partial charge is 0.396 e. The zero-order valence-electron chi connectivity index (χ0n) is 7.16. The number of rotatable bonds is 2. The number of aliphatic hydroxyl groups is 1. The van der Waals surface area contributed by atoms with E-state index in [1.54, 1.807) is 0 Å². The van der Waals surface area contributed by atoms with Crippen molar-refractivity contribution in [3.05, 3.63) is 35.4 Å². The second-order valence-corrected chi connectivity index (χ2v) is 3.13. The number of fused-ring (bicyclic) bond motifs is 1. The highest BCUT2D eigenvalue weighted by Gasteiger charge is 2.26. The molecule has 0 saturated carbocycles. The van der Waals surface area contributed by atoms with Crippen LogP contribution in [0.4, 0.5) is 0 Å². The van der Waals surface area contributed by atoms with Gasteiger partial charge in [0.05, 0.1) is 6.04 Å². The third-order valence-corrected chi connectivity index (χ3v) is 2.30. The van der Waals surface area contributed by atoms with E-state index in [2.05, 4.69) is 5.32 Å². The fourth-order valence-corrected chi connectivity index (χ4v) is 1.68. The van der Waals surface area contributed by atoms with E-state index in [0.29, 0.717) is 6.42 Å². The molecule has 3 nitrogen and oxygen atoms in total. The first-order valence-electron chi connectivity index (χ1n) is 4.33. The number of hydrogen-bond donors (Lipinski definition) is 2. The van der Waals surface area contributed by atoms with Crippen LogP contribution in [-0.2, 0) is 0 Å². The van der Waals surface area contributed by atoms with Crippen LogP contribution in [0.25, 0.3) is 0 Å². The molecular weight excluding hydrogens is 166 g/mol. The van der Waals surface area contributed by atoms with Crippen LogP contribution in [-0.4, -0.2) is 17.6 Å². The maximum Gasteiger partial charge on any atom is 0.252 e. The summed E-state index contributed by atoms with van der Waals surface area (Å²) in [5.41, 5.74) is 1.74. The number of nitrogens with one attached hydrogen (secondary N) is 1. The van der Waals surface area contributed by atoms with Gasteiger partial charge >= 0.3 is 0 Å². The summed E-state index contributed by atoms with van der Waals surface area (Å²) in [6.45, 7) is 0.0965. The van der Waals surface area contributed by atoms with Gasteiger partial charge in [0, 0.05) is 12.2 Å². The minimum absolute atomic E-state index is 0.00583. The molecule has 13 heavy (non-hydrogen) atoms. The molecule has 1 aliphatic heterocycles. The Labute approximate surface area is 76.4 Å². The molecule has 2 rings (SSSR count). The molecule has 1 atom stereocenters. The fourth-order valence-electron chi connectivity index (χ4n) is 1.68. The number of hydrogen-bond acceptors (Lipinski definition) is 2. The van der Waals surface area contributed by atoms with Crippen LogP contribution in [0.3, 0.4) is 0 Å². The fraction of sp³-hybridized carbons (Fsp3) is 0.300. The number of carbonyl (C=O) groups is 1. The summed E-state index contributed by atoms with van der Waals surface area (Å²) in [4.78, 5) is 11.4. The van der Waals surface area contributed by atoms with Crippen molar-refractivity contribution in [3.8, 4) is 0 Å². The van der Waals surface area contributed by atoms with Crippen LogP contribution < -0.4 is 5.32 Å². The maximum absolute atomic E-state index is 11.4. The van der Waals surface area contributed by atoms with Crippen LogP contribution in [0.2, 0.25) is 0 Å². The molecule has 1 aliphatic rings. The summed E-state index contributed by atoms with van der Waals surface area (Å²) < 4.78 is 0. The zero-order chi connectivity index (χ0) is 9.26. The molecule has 0 spiro atoms. The lowest BCUT2D eigenvalue weighted by Crippen LogP contribution is -2.19. The van der Waals surface area contributed by atoms with E-state index < -0.39 is 0 Å². The number of carbonyl (C=O) groups excluding carboxylic acids is 1. The Bertz CT molecular complexity index is 335. The first kappa shape index (κ1) is 8.26. The topological polar surface area (TPSA) is 49.3 Å². The van der Waals surface area contributed by atoms with Crippen molar-refractivity contribution < 1.29 is 9.90 Å². The average molecular weight is 177 g/mol. The van der Waals surface area contributed by atoms with Crippen molar-refractivity contribution in [2.24, 2.45) is 0 Å². The van der Waals surface area contributed by atoms with Gasteiger partial charge in [-0.1, -0.05) is 18.2 Å². The normalized spacial score (nSPS) is 19.8. The summed E-state index contributed by atoms with van der Waals surface area (Å²) in [6, 6.07) is 7.48. The van der Waals surface area contributed by atoms with E-state index in [-0.39, 0.29) is 18.6 Å². The van der Waals surface area contributed by atoms with E-state index in [0.717, 1.165) is 11.1 Å². The smallest absolute Gasteiger partial charge is 0.252 e. The van der Waals surface area contributed by atoms with Crippen molar-refractivity contribution >= 4 is 5.91 Å². The second kappa shape index (κ2) is 3.18. The minimum Gasteiger partial charge on any atom is -0.396 e.